The fourth-order valence-electron chi connectivity index (χ4n) is 1.32. The first kappa shape index (κ1) is 8.90. The molecule has 1 unspecified atom stereocenters. The molecule has 1 rings (SSSR count). The van der Waals surface area contributed by atoms with Crippen LogP contribution in [0.1, 0.15) is 13.3 Å². The average Bonchev–Trinajstić information content (AvgIpc) is 2.24. The Balaban J connectivity index is 2.55. The van der Waals surface area contributed by atoms with Crippen molar-refractivity contribution >= 4 is 0 Å². The molecule has 0 aromatic rings. The molecule has 1 fully saturated rings. The molecule has 0 aromatic heterocycles. The fraction of sp³-hybridized carbons (Fsp3) is 1.00. The zero-order valence-corrected chi connectivity index (χ0v) is 6.71. The predicted octanol–water partition coefficient (Wildman–Crippen LogP) is 0.468. The molecule has 1 N–H and O–H groups in total. The van der Waals surface area contributed by atoms with Crippen LogP contribution in [-0.2, 0) is 9.47 Å². The first-order valence-corrected chi connectivity index (χ1v) is 3.58. The number of ether oxygens (including phenoxy) is 2. The van der Waals surface area contributed by atoms with E-state index in [0.29, 0.717) is 0 Å². The Morgan fingerprint density at radius 2 is 2.45 bits per heavy atom. The average molecular weight is 164 g/mol. The normalized spacial score (nSPS) is 44.7. The monoisotopic (exact) mass is 164 g/mol. The molecule has 11 heavy (non-hydrogen) atoms. The van der Waals surface area contributed by atoms with Crippen molar-refractivity contribution in [3.63, 3.8) is 0 Å². The lowest BCUT2D eigenvalue weighted by Crippen LogP contribution is -2.31. The summed E-state index contributed by atoms with van der Waals surface area (Å²) in [5.41, 5.74) is -1.47. The van der Waals surface area contributed by atoms with Gasteiger partial charge in [0.05, 0.1) is 12.7 Å². The fourth-order valence-corrected chi connectivity index (χ4v) is 1.32. The number of alkyl halides is 1. The van der Waals surface area contributed by atoms with E-state index in [1.807, 2.05) is 0 Å². The van der Waals surface area contributed by atoms with Gasteiger partial charge in [0.2, 0.25) is 0 Å². The van der Waals surface area contributed by atoms with E-state index in [-0.39, 0.29) is 13.0 Å². The first-order valence-electron chi connectivity index (χ1n) is 3.58. The number of hydrogen-bond acceptors (Lipinski definition) is 3. The van der Waals surface area contributed by atoms with E-state index >= 15 is 0 Å². The molecule has 0 radical (unpaired) electrons. The van der Waals surface area contributed by atoms with Crippen LogP contribution < -0.4 is 0 Å². The number of methoxy groups -OCH3 is 1. The molecular formula is C7H13FO3. The van der Waals surface area contributed by atoms with Crippen molar-refractivity contribution < 1.29 is 19.0 Å². The number of rotatable bonds is 2. The lowest BCUT2D eigenvalue weighted by Gasteiger charge is -2.18. The van der Waals surface area contributed by atoms with Crippen molar-refractivity contribution in [2.45, 2.75) is 31.4 Å². The summed E-state index contributed by atoms with van der Waals surface area (Å²) in [4.78, 5) is 0. The summed E-state index contributed by atoms with van der Waals surface area (Å²) in [7, 11) is 1.39. The van der Waals surface area contributed by atoms with Gasteiger partial charge in [-0.3, -0.25) is 0 Å². The van der Waals surface area contributed by atoms with Gasteiger partial charge in [0.15, 0.2) is 12.0 Å². The Hall–Kier alpha value is -0.190. The Bertz CT molecular complexity index is 138. The molecule has 3 nitrogen and oxygen atoms in total. The highest BCUT2D eigenvalue weighted by Crippen LogP contribution is 2.33. The highest BCUT2D eigenvalue weighted by molar-refractivity contribution is 4.88. The lowest BCUT2D eigenvalue weighted by atomic mass is 10.0. The van der Waals surface area contributed by atoms with Crippen LogP contribution in [0.4, 0.5) is 4.39 Å². The van der Waals surface area contributed by atoms with Crippen LogP contribution in [0.15, 0.2) is 0 Å². The van der Waals surface area contributed by atoms with Gasteiger partial charge < -0.3 is 14.6 Å². The summed E-state index contributed by atoms with van der Waals surface area (Å²) < 4.78 is 23.1. The van der Waals surface area contributed by atoms with E-state index in [4.69, 9.17) is 14.6 Å². The third-order valence-corrected chi connectivity index (χ3v) is 1.85. The Kier molecular flexibility index (Phi) is 2.47. The van der Waals surface area contributed by atoms with Gasteiger partial charge in [0.25, 0.3) is 0 Å². The molecule has 1 aliphatic rings. The minimum atomic E-state index is -1.47. The largest absolute Gasteiger partial charge is 0.394 e. The van der Waals surface area contributed by atoms with E-state index < -0.39 is 18.1 Å². The summed E-state index contributed by atoms with van der Waals surface area (Å²) in [5.74, 6) is 0. The predicted molar refractivity (Wildman–Crippen MR) is 36.9 cm³/mol. The summed E-state index contributed by atoms with van der Waals surface area (Å²) in [6, 6.07) is 0. The maximum atomic E-state index is 13.4. The van der Waals surface area contributed by atoms with Crippen LogP contribution in [0.25, 0.3) is 0 Å². The number of aliphatic hydroxyl groups is 1. The number of hydrogen-bond donors (Lipinski definition) is 1. The van der Waals surface area contributed by atoms with Gasteiger partial charge in [-0.1, -0.05) is 0 Å². The van der Waals surface area contributed by atoms with Crippen molar-refractivity contribution in [1.29, 1.82) is 0 Å². The van der Waals surface area contributed by atoms with Gasteiger partial charge in [-0.15, -0.1) is 0 Å². The smallest absolute Gasteiger partial charge is 0.191 e. The van der Waals surface area contributed by atoms with Gasteiger partial charge >= 0.3 is 0 Å². The minimum absolute atomic E-state index is 0.153. The highest BCUT2D eigenvalue weighted by Gasteiger charge is 2.45. The molecule has 0 aromatic carbocycles. The minimum Gasteiger partial charge on any atom is -0.394 e. The molecule has 4 heteroatoms. The standard InChI is InChI=1S/C7H13FO3/c1-7(8)3-5(4-9)11-6(7)10-2/h5-6,9H,3-4H2,1-2H3/t5-,6?,7-/m1/s1. The highest BCUT2D eigenvalue weighted by atomic mass is 19.1. The molecule has 0 saturated carbocycles. The summed E-state index contributed by atoms with van der Waals surface area (Å²) in [5, 5.41) is 8.66. The second-order valence-electron chi connectivity index (χ2n) is 2.99. The summed E-state index contributed by atoms with van der Waals surface area (Å²) >= 11 is 0. The molecule has 0 bridgehead atoms. The Morgan fingerprint density at radius 1 is 1.82 bits per heavy atom. The van der Waals surface area contributed by atoms with E-state index in [9.17, 15) is 4.39 Å². The van der Waals surface area contributed by atoms with Crippen LogP contribution in [0.3, 0.4) is 0 Å². The van der Waals surface area contributed by atoms with Crippen LogP contribution in [0, 0.1) is 0 Å². The molecule has 1 heterocycles. The van der Waals surface area contributed by atoms with Gasteiger partial charge in [0.1, 0.15) is 0 Å². The lowest BCUT2D eigenvalue weighted by molar-refractivity contribution is -0.163. The number of aliphatic hydroxyl groups excluding tert-OH is 1. The molecule has 0 amide bonds. The SMILES string of the molecule is COC1O[C@@H](CO)C[C@@]1(C)F. The quantitative estimate of drug-likeness (QED) is 0.644. The number of halogens is 1. The van der Waals surface area contributed by atoms with Gasteiger partial charge in [-0.25, -0.2) is 4.39 Å². The van der Waals surface area contributed by atoms with E-state index in [1.54, 1.807) is 0 Å². The Morgan fingerprint density at radius 3 is 2.73 bits per heavy atom. The van der Waals surface area contributed by atoms with E-state index in [1.165, 1.54) is 14.0 Å². The third kappa shape index (κ3) is 1.69. The molecule has 0 spiro atoms. The maximum Gasteiger partial charge on any atom is 0.191 e. The summed E-state index contributed by atoms with van der Waals surface area (Å²) in [6.07, 6.45) is -1.06. The van der Waals surface area contributed by atoms with Crippen molar-refractivity contribution in [2.75, 3.05) is 13.7 Å². The molecule has 1 saturated heterocycles. The molecule has 0 aliphatic carbocycles. The molecule has 66 valence electrons. The van der Waals surface area contributed by atoms with E-state index in [0.717, 1.165) is 0 Å². The van der Waals surface area contributed by atoms with Crippen molar-refractivity contribution in [1.82, 2.24) is 0 Å². The van der Waals surface area contributed by atoms with Crippen LogP contribution in [0.2, 0.25) is 0 Å². The van der Waals surface area contributed by atoms with Gasteiger partial charge in [-0.05, 0) is 6.92 Å². The second kappa shape index (κ2) is 3.05. The molecule has 3 atom stereocenters. The Labute approximate surface area is 65.1 Å². The summed E-state index contributed by atoms with van der Waals surface area (Å²) in [6.45, 7) is 1.26. The zero-order valence-electron chi connectivity index (χ0n) is 6.71. The first-order chi connectivity index (χ1) is 5.10. The molecule has 1 aliphatic heterocycles. The van der Waals surface area contributed by atoms with Crippen molar-refractivity contribution in [2.24, 2.45) is 0 Å². The van der Waals surface area contributed by atoms with Crippen molar-refractivity contribution in [3.05, 3.63) is 0 Å². The zero-order chi connectivity index (χ0) is 8.48. The van der Waals surface area contributed by atoms with Crippen LogP contribution in [0.5, 0.6) is 0 Å². The molecular weight excluding hydrogens is 151 g/mol. The topological polar surface area (TPSA) is 38.7 Å². The van der Waals surface area contributed by atoms with Gasteiger partial charge in [-0.2, -0.15) is 0 Å². The second-order valence-corrected chi connectivity index (χ2v) is 2.99. The third-order valence-electron chi connectivity index (χ3n) is 1.85. The van der Waals surface area contributed by atoms with Gasteiger partial charge in [0, 0.05) is 13.5 Å². The van der Waals surface area contributed by atoms with Crippen LogP contribution in [-0.4, -0.2) is 36.9 Å². The van der Waals surface area contributed by atoms with E-state index in [2.05, 4.69) is 0 Å². The maximum absolute atomic E-state index is 13.4. The van der Waals surface area contributed by atoms with Crippen molar-refractivity contribution in [3.8, 4) is 0 Å². The van der Waals surface area contributed by atoms with Crippen LogP contribution >= 0.6 is 0 Å².